The van der Waals surface area contributed by atoms with Gasteiger partial charge in [-0.15, -0.1) is 11.3 Å². The van der Waals surface area contributed by atoms with Crippen LogP contribution >= 0.6 is 11.3 Å². The Morgan fingerprint density at radius 1 is 1.13 bits per heavy atom. The zero-order valence-electron chi connectivity index (χ0n) is 16.9. The number of aromatic nitrogens is 3. The van der Waals surface area contributed by atoms with Gasteiger partial charge in [0.25, 0.3) is 0 Å². The Kier molecular flexibility index (Phi) is 5.17. The maximum absolute atomic E-state index is 12.9. The van der Waals surface area contributed by atoms with Crippen LogP contribution < -0.4 is 0 Å². The molecule has 0 fully saturated rings. The lowest BCUT2D eigenvalue weighted by molar-refractivity contribution is 0.245. The largest absolute Gasteiger partial charge is 0.461 e. The van der Waals surface area contributed by atoms with Crippen molar-refractivity contribution in [2.24, 2.45) is 0 Å². The molecule has 0 radical (unpaired) electrons. The second kappa shape index (κ2) is 7.99. The average Bonchev–Trinajstić information content (AvgIpc) is 3.46. The van der Waals surface area contributed by atoms with Gasteiger partial charge in [0.05, 0.1) is 16.9 Å². The molecule has 0 spiro atoms. The molecule has 1 aliphatic heterocycles. The van der Waals surface area contributed by atoms with Crippen LogP contribution in [0.2, 0.25) is 0 Å². The molecule has 1 aliphatic rings. The minimum absolute atomic E-state index is 0.134. The van der Waals surface area contributed by atoms with Crippen LogP contribution in [0, 0.1) is 6.92 Å². The number of aryl methyl sites for hydroxylation is 1. The predicted molar refractivity (Wildman–Crippen MR) is 116 cm³/mol. The Hall–Kier alpha value is -2.88. The highest BCUT2D eigenvalue weighted by molar-refractivity contribution is 7.93. The Labute approximate surface area is 184 Å². The van der Waals surface area contributed by atoms with Crippen molar-refractivity contribution in [1.29, 1.82) is 0 Å². The van der Waals surface area contributed by atoms with E-state index in [0.29, 0.717) is 24.7 Å². The minimum Gasteiger partial charge on any atom is -0.461 e. The summed E-state index contributed by atoms with van der Waals surface area (Å²) in [7, 11) is -3.59. The van der Waals surface area contributed by atoms with Crippen LogP contribution in [0.4, 0.5) is 0 Å². The molecule has 4 aromatic rings. The molecule has 0 unspecified atom stereocenters. The van der Waals surface area contributed by atoms with Gasteiger partial charge in [0.1, 0.15) is 0 Å². The lowest BCUT2D eigenvalue weighted by atomic mass is 10.1. The zero-order valence-corrected chi connectivity index (χ0v) is 18.5. The maximum atomic E-state index is 12.9. The van der Waals surface area contributed by atoms with E-state index in [1.807, 2.05) is 25.3 Å². The molecule has 0 bridgehead atoms. The first-order valence-electron chi connectivity index (χ1n) is 9.86. The molecule has 1 aromatic carbocycles. The fraction of sp³-hybridized carbons (Fsp3) is 0.227. The van der Waals surface area contributed by atoms with Crippen molar-refractivity contribution < 1.29 is 12.8 Å². The van der Waals surface area contributed by atoms with E-state index < -0.39 is 9.84 Å². The van der Waals surface area contributed by atoms with Crippen molar-refractivity contribution >= 4 is 21.2 Å². The van der Waals surface area contributed by atoms with Crippen LogP contribution in [0.25, 0.3) is 11.6 Å². The quantitative estimate of drug-likeness (QED) is 0.454. The fourth-order valence-electron chi connectivity index (χ4n) is 3.56. The SMILES string of the molecule is Cc1ccc(S(=O)(=O)c2ncc(CN3CCc4nc(-c5ccco5)ncc4C3)s2)cc1. The molecule has 158 valence electrons. The summed E-state index contributed by atoms with van der Waals surface area (Å²) in [5.41, 5.74) is 3.13. The molecule has 0 atom stereocenters. The van der Waals surface area contributed by atoms with Crippen molar-refractivity contribution in [3.63, 3.8) is 0 Å². The van der Waals surface area contributed by atoms with Gasteiger partial charge in [0, 0.05) is 48.9 Å². The highest BCUT2D eigenvalue weighted by Crippen LogP contribution is 2.28. The smallest absolute Gasteiger partial charge is 0.233 e. The van der Waals surface area contributed by atoms with E-state index in [-0.39, 0.29) is 9.24 Å². The lowest BCUT2D eigenvalue weighted by Gasteiger charge is -2.27. The highest BCUT2D eigenvalue weighted by atomic mass is 32.2. The molecule has 0 amide bonds. The number of rotatable bonds is 5. The van der Waals surface area contributed by atoms with Crippen LogP contribution in [-0.2, 0) is 29.3 Å². The molecular formula is C22H20N4O3S2. The molecule has 0 saturated carbocycles. The monoisotopic (exact) mass is 452 g/mol. The van der Waals surface area contributed by atoms with E-state index in [1.165, 1.54) is 11.3 Å². The van der Waals surface area contributed by atoms with Gasteiger partial charge in [-0.25, -0.2) is 23.4 Å². The van der Waals surface area contributed by atoms with Crippen molar-refractivity contribution in [3.8, 4) is 11.6 Å². The van der Waals surface area contributed by atoms with Crippen LogP contribution in [-0.4, -0.2) is 34.8 Å². The van der Waals surface area contributed by atoms with Gasteiger partial charge < -0.3 is 4.42 Å². The van der Waals surface area contributed by atoms with E-state index in [1.54, 1.807) is 36.7 Å². The fourth-order valence-corrected chi connectivity index (χ4v) is 6.18. The topological polar surface area (TPSA) is 89.2 Å². The number of hydrogen-bond donors (Lipinski definition) is 0. The van der Waals surface area contributed by atoms with E-state index in [2.05, 4.69) is 19.9 Å². The van der Waals surface area contributed by atoms with Crippen molar-refractivity contribution in [2.45, 2.75) is 35.7 Å². The molecule has 0 N–H and O–H groups in total. The first-order valence-corrected chi connectivity index (χ1v) is 12.2. The first kappa shape index (κ1) is 20.0. The summed E-state index contributed by atoms with van der Waals surface area (Å²) >= 11 is 1.23. The maximum Gasteiger partial charge on any atom is 0.233 e. The van der Waals surface area contributed by atoms with Crippen LogP contribution in [0.5, 0.6) is 0 Å². The third-order valence-corrected chi connectivity index (χ3v) is 8.37. The molecule has 9 heteroatoms. The molecule has 3 aromatic heterocycles. The van der Waals surface area contributed by atoms with Gasteiger partial charge in [-0.2, -0.15) is 0 Å². The summed E-state index contributed by atoms with van der Waals surface area (Å²) in [4.78, 5) is 16.7. The average molecular weight is 453 g/mol. The number of fused-ring (bicyclic) bond motifs is 1. The number of sulfone groups is 1. The van der Waals surface area contributed by atoms with Gasteiger partial charge in [0.15, 0.2) is 11.6 Å². The van der Waals surface area contributed by atoms with Crippen molar-refractivity contribution in [1.82, 2.24) is 19.9 Å². The molecule has 0 saturated heterocycles. The lowest BCUT2D eigenvalue weighted by Crippen LogP contribution is -2.30. The van der Waals surface area contributed by atoms with Gasteiger partial charge in [-0.05, 0) is 31.2 Å². The Morgan fingerprint density at radius 2 is 1.97 bits per heavy atom. The number of nitrogens with zero attached hydrogens (tertiary/aromatic N) is 4. The Bertz CT molecular complexity index is 1310. The molecule has 5 rings (SSSR count). The molecule has 4 heterocycles. The van der Waals surface area contributed by atoms with Crippen molar-refractivity contribution in [2.75, 3.05) is 6.54 Å². The van der Waals surface area contributed by atoms with E-state index in [0.717, 1.165) is 34.7 Å². The van der Waals surface area contributed by atoms with E-state index >= 15 is 0 Å². The van der Waals surface area contributed by atoms with Crippen LogP contribution in [0.15, 0.2) is 68.7 Å². The van der Waals surface area contributed by atoms with E-state index in [9.17, 15) is 8.42 Å². The summed E-state index contributed by atoms with van der Waals surface area (Å²) in [5, 5.41) is 0. The molecule has 0 aliphatic carbocycles. The summed E-state index contributed by atoms with van der Waals surface area (Å²) in [6, 6.07) is 10.5. The van der Waals surface area contributed by atoms with Crippen LogP contribution in [0.1, 0.15) is 21.7 Å². The second-order valence-corrected chi connectivity index (χ2v) is 10.8. The summed E-state index contributed by atoms with van der Waals surface area (Å²) in [6.07, 6.45) is 5.94. The number of thiazole rings is 1. The molecule has 31 heavy (non-hydrogen) atoms. The Balaban J connectivity index is 1.30. The standard InChI is InChI=1S/C22H20N4O3S2/c1-15-4-6-18(7-5-15)31(27,28)22-24-12-17(30-22)14-26-9-8-19-16(13-26)11-23-21(25-19)20-3-2-10-29-20/h2-7,10-12H,8-9,13-14H2,1H3. The normalized spacial score (nSPS) is 14.5. The summed E-state index contributed by atoms with van der Waals surface area (Å²) in [6.45, 7) is 4.11. The summed E-state index contributed by atoms with van der Waals surface area (Å²) < 4.78 is 31.2. The third kappa shape index (κ3) is 4.04. The Morgan fingerprint density at radius 3 is 2.74 bits per heavy atom. The first-order chi connectivity index (χ1) is 15.0. The van der Waals surface area contributed by atoms with Gasteiger partial charge >= 0.3 is 0 Å². The predicted octanol–water partition coefficient (Wildman–Crippen LogP) is 3.89. The molecular weight excluding hydrogens is 432 g/mol. The number of furan rings is 1. The van der Waals surface area contributed by atoms with Gasteiger partial charge in [-0.3, -0.25) is 4.90 Å². The molecule has 7 nitrogen and oxygen atoms in total. The number of hydrogen-bond acceptors (Lipinski definition) is 8. The minimum atomic E-state index is -3.59. The van der Waals surface area contributed by atoms with Gasteiger partial charge in [-0.1, -0.05) is 17.7 Å². The third-order valence-electron chi connectivity index (χ3n) is 5.23. The number of benzene rings is 1. The second-order valence-electron chi connectivity index (χ2n) is 7.51. The van der Waals surface area contributed by atoms with Gasteiger partial charge in [0.2, 0.25) is 14.2 Å². The zero-order chi connectivity index (χ0) is 21.4. The highest BCUT2D eigenvalue weighted by Gasteiger charge is 2.24. The van der Waals surface area contributed by atoms with E-state index in [4.69, 9.17) is 4.42 Å². The van der Waals surface area contributed by atoms with Crippen LogP contribution in [0.3, 0.4) is 0 Å². The van der Waals surface area contributed by atoms with Crippen molar-refractivity contribution in [3.05, 3.63) is 76.8 Å². The summed E-state index contributed by atoms with van der Waals surface area (Å²) in [5.74, 6) is 1.27.